The smallest absolute Gasteiger partial charge is 0.229 e. The molecule has 2 N–H and O–H groups in total. The highest BCUT2D eigenvalue weighted by molar-refractivity contribution is 7.92. The van der Waals surface area contributed by atoms with Crippen molar-refractivity contribution in [3.8, 4) is 0 Å². The standard InChI is InChI=1S/C18H19N3O2S/c1-13-11-14-7-3-5-9-16(14)18(20-13)19-12-15-8-4-6-10-17(15)21-24(2,22)23/h3-11,21H,12H2,1-2H3,(H,19,20). The van der Waals surface area contributed by atoms with Crippen molar-refractivity contribution in [2.75, 3.05) is 16.3 Å². The average molecular weight is 341 g/mol. The first-order valence-electron chi connectivity index (χ1n) is 7.58. The van der Waals surface area contributed by atoms with Gasteiger partial charge in [-0.25, -0.2) is 13.4 Å². The number of rotatable bonds is 5. The summed E-state index contributed by atoms with van der Waals surface area (Å²) in [6, 6.07) is 17.4. The van der Waals surface area contributed by atoms with Crippen molar-refractivity contribution in [2.24, 2.45) is 0 Å². The summed E-state index contributed by atoms with van der Waals surface area (Å²) < 4.78 is 25.6. The van der Waals surface area contributed by atoms with Crippen LogP contribution in [0.5, 0.6) is 0 Å². The number of anilines is 2. The van der Waals surface area contributed by atoms with Gasteiger partial charge in [0.1, 0.15) is 5.82 Å². The maximum absolute atomic E-state index is 11.5. The maximum Gasteiger partial charge on any atom is 0.229 e. The van der Waals surface area contributed by atoms with Crippen LogP contribution in [0.1, 0.15) is 11.3 Å². The molecule has 2 aromatic carbocycles. The van der Waals surface area contributed by atoms with Crippen molar-refractivity contribution >= 4 is 32.3 Å². The van der Waals surface area contributed by atoms with E-state index in [-0.39, 0.29) is 0 Å². The van der Waals surface area contributed by atoms with E-state index in [1.54, 1.807) is 12.1 Å². The zero-order valence-electron chi connectivity index (χ0n) is 13.6. The molecule has 0 aliphatic rings. The third-order valence-corrected chi connectivity index (χ3v) is 4.22. The molecule has 0 fully saturated rings. The average Bonchev–Trinajstić information content (AvgIpc) is 2.52. The lowest BCUT2D eigenvalue weighted by Gasteiger charge is -2.13. The summed E-state index contributed by atoms with van der Waals surface area (Å²) >= 11 is 0. The van der Waals surface area contributed by atoms with E-state index in [0.717, 1.165) is 34.1 Å². The molecule has 3 rings (SSSR count). The Morgan fingerprint density at radius 1 is 1.04 bits per heavy atom. The Kier molecular flexibility index (Phi) is 4.40. The van der Waals surface area contributed by atoms with Gasteiger partial charge in [-0.1, -0.05) is 42.5 Å². The van der Waals surface area contributed by atoms with E-state index in [0.29, 0.717) is 12.2 Å². The maximum atomic E-state index is 11.5. The van der Waals surface area contributed by atoms with Crippen molar-refractivity contribution < 1.29 is 8.42 Å². The third-order valence-electron chi connectivity index (χ3n) is 3.63. The van der Waals surface area contributed by atoms with Crippen LogP contribution in [-0.2, 0) is 16.6 Å². The van der Waals surface area contributed by atoms with Crippen LogP contribution >= 0.6 is 0 Å². The molecule has 1 heterocycles. The van der Waals surface area contributed by atoms with Gasteiger partial charge in [0, 0.05) is 17.6 Å². The first-order chi connectivity index (χ1) is 11.4. The molecule has 0 saturated heterocycles. The molecule has 0 spiro atoms. The molecular formula is C18H19N3O2S. The number of nitrogens with one attached hydrogen (secondary N) is 2. The van der Waals surface area contributed by atoms with Crippen LogP contribution in [0.4, 0.5) is 11.5 Å². The van der Waals surface area contributed by atoms with Crippen LogP contribution in [0.15, 0.2) is 54.6 Å². The van der Waals surface area contributed by atoms with E-state index in [1.165, 1.54) is 0 Å². The van der Waals surface area contributed by atoms with Gasteiger partial charge in [0.15, 0.2) is 0 Å². The first-order valence-corrected chi connectivity index (χ1v) is 9.47. The van der Waals surface area contributed by atoms with Gasteiger partial charge in [0.2, 0.25) is 10.0 Å². The van der Waals surface area contributed by atoms with Gasteiger partial charge in [0.25, 0.3) is 0 Å². The third kappa shape index (κ3) is 3.83. The summed E-state index contributed by atoms with van der Waals surface area (Å²) in [5, 5.41) is 5.48. The summed E-state index contributed by atoms with van der Waals surface area (Å²) in [4.78, 5) is 4.57. The second kappa shape index (κ2) is 6.49. The Labute approximate surface area is 141 Å². The second-order valence-electron chi connectivity index (χ2n) is 5.72. The monoisotopic (exact) mass is 341 g/mol. The summed E-state index contributed by atoms with van der Waals surface area (Å²) in [6.45, 7) is 2.43. The molecule has 0 atom stereocenters. The van der Waals surface area contributed by atoms with E-state index in [1.807, 2.05) is 49.4 Å². The van der Waals surface area contributed by atoms with Crippen molar-refractivity contribution in [1.82, 2.24) is 4.98 Å². The first kappa shape index (κ1) is 16.3. The number of sulfonamides is 1. The largest absolute Gasteiger partial charge is 0.365 e. The number of hydrogen-bond acceptors (Lipinski definition) is 4. The predicted molar refractivity (Wildman–Crippen MR) is 98.7 cm³/mol. The molecule has 124 valence electrons. The molecule has 6 heteroatoms. The number of nitrogens with zero attached hydrogens (tertiary/aromatic N) is 1. The molecule has 5 nitrogen and oxygen atoms in total. The number of aromatic nitrogens is 1. The fourth-order valence-corrected chi connectivity index (χ4v) is 3.22. The fraction of sp³-hybridized carbons (Fsp3) is 0.167. The zero-order valence-corrected chi connectivity index (χ0v) is 14.4. The van der Waals surface area contributed by atoms with Gasteiger partial charge in [-0.3, -0.25) is 4.72 Å². The minimum Gasteiger partial charge on any atom is -0.365 e. The molecule has 0 bridgehead atoms. The van der Waals surface area contributed by atoms with Crippen LogP contribution in [-0.4, -0.2) is 19.7 Å². The molecular weight excluding hydrogens is 322 g/mol. The number of pyridine rings is 1. The van der Waals surface area contributed by atoms with Gasteiger partial charge in [-0.2, -0.15) is 0 Å². The van der Waals surface area contributed by atoms with Gasteiger partial charge in [0.05, 0.1) is 11.9 Å². The van der Waals surface area contributed by atoms with Gasteiger partial charge < -0.3 is 5.32 Å². The highest BCUT2D eigenvalue weighted by atomic mass is 32.2. The summed E-state index contributed by atoms with van der Waals surface area (Å²) in [7, 11) is -3.32. The van der Waals surface area contributed by atoms with E-state index in [2.05, 4.69) is 15.0 Å². The van der Waals surface area contributed by atoms with Gasteiger partial charge in [-0.05, 0) is 30.0 Å². The molecule has 0 saturated carbocycles. The number of hydrogen-bond donors (Lipinski definition) is 2. The van der Waals surface area contributed by atoms with Crippen molar-refractivity contribution in [1.29, 1.82) is 0 Å². The molecule has 0 aliphatic heterocycles. The quantitative estimate of drug-likeness (QED) is 0.745. The number of benzene rings is 2. The van der Waals surface area contributed by atoms with Gasteiger partial charge in [-0.15, -0.1) is 0 Å². The van der Waals surface area contributed by atoms with E-state index in [9.17, 15) is 8.42 Å². The Morgan fingerprint density at radius 3 is 2.54 bits per heavy atom. The summed E-state index contributed by atoms with van der Waals surface area (Å²) in [6.07, 6.45) is 1.15. The van der Waals surface area contributed by atoms with E-state index < -0.39 is 10.0 Å². The highest BCUT2D eigenvalue weighted by Gasteiger charge is 2.08. The molecule has 0 radical (unpaired) electrons. The fourth-order valence-electron chi connectivity index (χ4n) is 2.62. The number of fused-ring (bicyclic) bond motifs is 1. The minimum atomic E-state index is -3.32. The van der Waals surface area contributed by atoms with Crippen LogP contribution < -0.4 is 10.0 Å². The molecule has 0 unspecified atom stereocenters. The number of para-hydroxylation sites is 1. The summed E-state index contributed by atoms with van der Waals surface area (Å²) in [5.74, 6) is 0.791. The molecule has 3 aromatic rings. The predicted octanol–water partition coefficient (Wildman–Crippen LogP) is 3.53. The van der Waals surface area contributed by atoms with Crippen LogP contribution in [0.2, 0.25) is 0 Å². The lowest BCUT2D eigenvalue weighted by molar-refractivity contribution is 0.606. The summed E-state index contributed by atoms with van der Waals surface area (Å²) in [5.41, 5.74) is 2.36. The van der Waals surface area contributed by atoms with Crippen LogP contribution in [0.3, 0.4) is 0 Å². The molecule has 0 amide bonds. The zero-order chi connectivity index (χ0) is 17.2. The van der Waals surface area contributed by atoms with Crippen molar-refractivity contribution in [2.45, 2.75) is 13.5 Å². The lowest BCUT2D eigenvalue weighted by Crippen LogP contribution is -2.12. The Bertz CT molecular complexity index is 984. The molecule has 1 aromatic heterocycles. The minimum absolute atomic E-state index is 0.471. The van der Waals surface area contributed by atoms with Gasteiger partial charge >= 0.3 is 0 Å². The topological polar surface area (TPSA) is 71.1 Å². The van der Waals surface area contributed by atoms with Crippen LogP contribution in [0.25, 0.3) is 10.8 Å². The van der Waals surface area contributed by atoms with E-state index in [4.69, 9.17) is 0 Å². The Morgan fingerprint density at radius 2 is 1.75 bits per heavy atom. The second-order valence-corrected chi connectivity index (χ2v) is 7.47. The van der Waals surface area contributed by atoms with E-state index >= 15 is 0 Å². The SMILES string of the molecule is Cc1cc2ccccc2c(NCc2ccccc2NS(C)(=O)=O)n1. The molecule has 0 aliphatic carbocycles. The normalized spacial score (nSPS) is 11.4. The van der Waals surface area contributed by atoms with Crippen molar-refractivity contribution in [3.63, 3.8) is 0 Å². The Balaban J connectivity index is 1.90. The molecule has 24 heavy (non-hydrogen) atoms. The lowest BCUT2D eigenvalue weighted by atomic mass is 10.1. The van der Waals surface area contributed by atoms with Crippen molar-refractivity contribution in [3.05, 3.63) is 65.9 Å². The Hall–Kier alpha value is -2.60. The highest BCUT2D eigenvalue weighted by Crippen LogP contribution is 2.24. The number of aryl methyl sites for hydroxylation is 1. The van der Waals surface area contributed by atoms with Crippen LogP contribution in [0, 0.1) is 6.92 Å².